The third kappa shape index (κ3) is 10.5. The second kappa shape index (κ2) is 20.0. The molecule has 0 aliphatic heterocycles. The summed E-state index contributed by atoms with van der Waals surface area (Å²) in [6, 6.07) is 17.4. The van der Waals surface area contributed by atoms with Crippen molar-refractivity contribution in [1.29, 1.82) is 5.26 Å². The van der Waals surface area contributed by atoms with E-state index >= 15 is 0 Å². The molecule has 18 heteroatoms. The van der Waals surface area contributed by atoms with Crippen LogP contribution in [-0.4, -0.2) is 62.9 Å². The molecule has 0 spiro atoms. The van der Waals surface area contributed by atoms with Gasteiger partial charge in [-0.15, -0.1) is 41.2 Å². The van der Waals surface area contributed by atoms with Crippen LogP contribution >= 0.6 is 36.2 Å². The summed E-state index contributed by atoms with van der Waals surface area (Å²) >= 11 is 1.34. The van der Waals surface area contributed by atoms with Gasteiger partial charge < -0.3 is 27.0 Å². The third-order valence-electron chi connectivity index (χ3n) is 8.19. The van der Waals surface area contributed by atoms with E-state index in [9.17, 15) is 24.3 Å². The summed E-state index contributed by atoms with van der Waals surface area (Å²) in [5.74, 6) is -1.59. The molecule has 2 unspecified atom stereocenters. The van der Waals surface area contributed by atoms with Gasteiger partial charge in [0.05, 0.1) is 34.5 Å². The molecular formula is C35H38Cl3FN8O5S. The quantitative estimate of drug-likeness (QED) is 0.0914. The van der Waals surface area contributed by atoms with E-state index in [4.69, 9.17) is 14.5 Å². The number of halogens is 4. The number of benzene rings is 2. The van der Waals surface area contributed by atoms with Crippen molar-refractivity contribution in [3.63, 3.8) is 0 Å². The largest absolute Gasteiger partial charge is 1.00 e. The Morgan fingerprint density at radius 2 is 1.91 bits per heavy atom. The number of hydrogen-bond donors (Lipinski definition) is 3. The van der Waals surface area contributed by atoms with Crippen LogP contribution in [0.1, 0.15) is 60.2 Å². The normalized spacial score (nSPS) is 13.4. The second-order valence-corrected chi connectivity index (χ2v) is 12.6. The van der Waals surface area contributed by atoms with Crippen molar-refractivity contribution in [3.05, 3.63) is 112 Å². The lowest BCUT2D eigenvalue weighted by molar-refractivity contribution is -0.741. The van der Waals surface area contributed by atoms with Gasteiger partial charge in [0, 0.05) is 41.5 Å². The first-order chi connectivity index (χ1) is 24.0. The molecule has 0 fully saturated rings. The molecular weight excluding hydrogens is 770 g/mol. The Balaban J connectivity index is 0.00000324. The van der Waals surface area contributed by atoms with Gasteiger partial charge in [-0.05, 0) is 56.1 Å². The Morgan fingerprint density at radius 3 is 2.53 bits per heavy atom. The average Bonchev–Trinajstić information content (AvgIpc) is 3.82. The summed E-state index contributed by atoms with van der Waals surface area (Å²) in [7, 11) is 3.44. The van der Waals surface area contributed by atoms with Crippen LogP contribution < -0.4 is 22.3 Å². The number of carbonyl (C=O) groups is 2. The minimum absolute atomic E-state index is 0. The molecule has 5 rings (SSSR count). The van der Waals surface area contributed by atoms with Crippen LogP contribution in [0.2, 0.25) is 0 Å². The number of H-pyrrole nitrogens is 1. The maximum Gasteiger partial charge on any atom is 0.412 e. The highest BCUT2D eigenvalue weighted by molar-refractivity contribution is 7.10. The van der Waals surface area contributed by atoms with Crippen LogP contribution in [0.4, 0.5) is 15.0 Å². The van der Waals surface area contributed by atoms with Crippen LogP contribution in [-0.2, 0) is 19.9 Å². The molecule has 3 aromatic heterocycles. The second-order valence-electron chi connectivity index (χ2n) is 11.7. The smallest absolute Gasteiger partial charge is 0.412 e. The summed E-state index contributed by atoms with van der Waals surface area (Å²) in [5.41, 5.74) is 0.932. The summed E-state index contributed by atoms with van der Waals surface area (Å²) in [6.07, 6.45) is 2.97. The minimum Gasteiger partial charge on any atom is -1.00 e. The lowest BCUT2D eigenvalue weighted by atomic mass is 9.75. The molecule has 3 heterocycles. The first-order valence-electron chi connectivity index (χ1n) is 15.6. The number of nitrogens with zero attached hydrogens (tertiary/aromatic N) is 6. The zero-order chi connectivity index (χ0) is 35.8. The molecule has 0 saturated heterocycles. The fourth-order valence-electron chi connectivity index (χ4n) is 5.71. The van der Waals surface area contributed by atoms with Crippen molar-refractivity contribution in [1.82, 2.24) is 25.1 Å². The van der Waals surface area contributed by atoms with Gasteiger partial charge >= 0.3 is 12.1 Å². The lowest BCUT2D eigenvalue weighted by Gasteiger charge is -2.39. The third-order valence-corrected chi connectivity index (χ3v) is 9.21. The molecule has 4 atom stereocenters. The number of ether oxygens (including phenoxy) is 2. The van der Waals surface area contributed by atoms with E-state index in [1.165, 1.54) is 49.0 Å². The number of nitrogens with one attached hydrogen (secondary N) is 2. The summed E-state index contributed by atoms with van der Waals surface area (Å²) in [4.78, 5) is 35.6. The molecule has 53 heavy (non-hydrogen) atoms. The predicted molar refractivity (Wildman–Crippen MR) is 195 cm³/mol. The number of carbonyl (C=O) groups excluding carboxylic acids is 2. The predicted octanol–water partition coefficient (Wildman–Crippen LogP) is 3.07. The van der Waals surface area contributed by atoms with Gasteiger partial charge in [-0.2, -0.15) is 5.26 Å². The average molecular weight is 808 g/mol. The number of amides is 1. The molecule has 2 aromatic carbocycles. The van der Waals surface area contributed by atoms with Gasteiger partial charge in [-0.1, -0.05) is 31.2 Å². The fraction of sp³-hybridized carbons (Fsp3) is 0.286. The summed E-state index contributed by atoms with van der Waals surface area (Å²) < 4.78 is 27.4. The van der Waals surface area contributed by atoms with E-state index in [2.05, 4.69) is 26.6 Å². The molecule has 3 N–H and O–H groups in total. The van der Waals surface area contributed by atoms with Crippen molar-refractivity contribution < 1.29 is 45.5 Å². The highest BCUT2D eigenvalue weighted by Crippen LogP contribution is 2.46. The zero-order valence-electron chi connectivity index (χ0n) is 29.0. The molecule has 5 aromatic rings. The Morgan fingerprint density at radius 1 is 1.17 bits per heavy atom. The number of aromatic amines is 1. The first-order valence-corrected chi connectivity index (χ1v) is 16.5. The number of aromatic nitrogens is 5. The number of esters is 1. The SMILES string of the molecule is CC(=O)OC(c1cccnc1NC(=O)OCCC([n+]1cn[nH]c1)[C@@](O)(c1cccc(F)c1)[C@H](C)c1nc(-c2ccc(C#N)cc2)cs1)N(C)C.Cl.Cl.[Cl-]. The first kappa shape index (κ1) is 44.5. The van der Waals surface area contributed by atoms with Gasteiger partial charge in [0.15, 0.2) is 6.23 Å². The van der Waals surface area contributed by atoms with Crippen LogP contribution in [0.3, 0.4) is 0 Å². The van der Waals surface area contributed by atoms with Crippen molar-refractivity contribution in [2.75, 3.05) is 26.0 Å². The van der Waals surface area contributed by atoms with Crippen molar-refractivity contribution in [2.24, 2.45) is 0 Å². The van der Waals surface area contributed by atoms with Crippen LogP contribution in [0.25, 0.3) is 11.3 Å². The maximum absolute atomic E-state index is 14.7. The lowest BCUT2D eigenvalue weighted by Crippen LogP contribution is -3.00. The standard InChI is InChI=1S/C35H35FN8O5S.3ClH/c1-22(32-41-29(19-50-32)25-12-10-24(18-37)11-13-25)35(47,26-7-5-8-27(36)17-26)30(44-20-39-40-21-44)14-16-48-34(46)42-31-28(9-6-15-38-31)33(43(3)4)49-23(2)45;;;/h5-13,15,17,19-22,30,33,47H,14,16H2,1-4H3,(H,38,42,46);3*1H/t22-,30?,33?,35+;;;/m1.../s1. The minimum atomic E-state index is -1.78. The van der Waals surface area contributed by atoms with E-state index in [0.717, 1.165) is 5.56 Å². The van der Waals surface area contributed by atoms with E-state index in [-0.39, 0.29) is 56.1 Å². The Kier molecular flexibility index (Phi) is 16.7. The molecule has 0 aliphatic carbocycles. The summed E-state index contributed by atoms with van der Waals surface area (Å²) in [5, 5.41) is 33.9. The molecule has 13 nitrogen and oxygen atoms in total. The molecule has 0 radical (unpaired) electrons. The maximum atomic E-state index is 14.7. The van der Waals surface area contributed by atoms with Gasteiger partial charge in [0.25, 0.3) is 6.33 Å². The molecule has 0 bridgehead atoms. The Bertz CT molecular complexity index is 1980. The monoisotopic (exact) mass is 806 g/mol. The number of anilines is 1. The number of nitriles is 1. The molecule has 0 aliphatic rings. The molecule has 0 saturated carbocycles. The van der Waals surface area contributed by atoms with Crippen molar-refractivity contribution in [3.8, 4) is 17.3 Å². The Hall–Kier alpha value is -4.69. The van der Waals surface area contributed by atoms with Crippen LogP contribution in [0, 0.1) is 17.1 Å². The number of pyridine rings is 1. The molecule has 282 valence electrons. The highest BCUT2D eigenvalue weighted by atomic mass is 35.5. The van der Waals surface area contributed by atoms with Crippen molar-refractivity contribution >= 4 is 54.0 Å². The zero-order valence-corrected chi connectivity index (χ0v) is 32.2. The van der Waals surface area contributed by atoms with E-state index in [0.29, 0.717) is 27.4 Å². The topological polar surface area (TPSA) is 170 Å². The number of thiazole rings is 1. The van der Waals surface area contributed by atoms with Gasteiger partial charge in [0.2, 0.25) is 6.33 Å². The van der Waals surface area contributed by atoms with E-state index in [1.54, 1.807) is 79.3 Å². The van der Waals surface area contributed by atoms with E-state index < -0.39 is 41.7 Å². The van der Waals surface area contributed by atoms with Gasteiger partial charge in [-0.3, -0.25) is 15.0 Å². The highest BCUT2D eigenvalue weighted by Gasteiger charge is 2.48. The number of aliphatic hydroxyl groups is 1. The van der Waals surface area contributed by atoms with Crippen molar-refractivity contribution in [2.45, 2.75) is 44.1 Å². The van der Waals surface area contributed by atoms with Gasteiger partial charge in [0.1, 0.15) is 23.3 Å². The molecule has 1 amide bonds. The Labute approximate surface area is 328 Å². The summed E-state index contributed by atoms with van der Waals surface area (Å²) in [6.45, 7) is 2.92. The van der Waals surface area contributed by atoms with E-state index in [1.807, 2.05) is 5.38 Å². The number of hydrogen-bond acceptors (Lipinski definition) is 11. The number of rotatable bonds is 13. The van der Waals surface area contributed by atoms with Gasteiger partial charge in [-0.25, -0.2) is 23.7 Å². The van der Waals surface area contributed by atoms with Crippen LogP contribution in [0.15, 0.2) is 84.9 Å². The fourth-order valence-corrected chi connectivity index (χ4v) is 6.67. The van der Waals surface area contributed by atoms with Crippen LogP contribution in [0.5, 0.6) is 0 Å².